The van der Waals surface area contributed by atoms with E-state index in [0.29, 0.717) is 40.9 Å². The number of methoxy groups -OCH3 is 3. The van der Waals surface area contributed by atoms with Gasteiger partial charge in [-0.15, -0.1) is 0 Å². The number of H-pyrrole nitrogens is 1. The second kappa shape index (κ2) is 13.7. The summed E-state index contributed by atoms with van der Waals surface area (Å²) in [5.41, 5.74) is 7.50. The first-order chi connectivity index (χ1) is 21.9. The van der Waals surface area contributed by atoms with Gasteiger partial charge in [0.2, 0.25) is 5.75 Å². The number of nitrogens with zero attached hydrogens (tertiary/aromatic N) is 1. The number of hydrogen-bond acceptors (Lipinski definition) is 8. The summed E-state index contributed by atoms with van der Waals surface area (Å²) in [6.07, 6.45) is 1.49. The number of esters is 1. The molecule has 2 N–H and O–H groups in total. The predicted molar refractivity (Wildman–Crippen MR) is 172 cm³/mol. The lowest BCUT2D eigenvalue weighted by Gasteiger charge is -2.15. The van der Waals surface area contributed by atoms with Crippen molar-refractivity contribution in [3.05, 3.63) is 101 Å². The molecule has 230 valence electrons. The van der Waals surface area contributed by atoms with Crippen molar-refractivity contribution >= 4 is 29.0 Å². The number of amides is 1. The van der Waals surface area contributed by atoms with E-state index < -0.39 is 5.97 Å². The van der Waals surface area contributed by atoms with Gasteiger partial charge in [0, 0.05) is 16.5 Å². The Bertz CT molecular complexity index is 1850. The molecular formula is C35H33N3O7. The van der Waals surface area contributed by atoms with E-state index in [0.717, 1.165) is 27.6 Å². The van der Waals surface area contributed by atoms with Crippen molar-refractivity contribution in [2.24, 2.45) is 5.10 Å². The van der Waals surface area contributed by atoms with Gasteiger partial charge in [-0.2, -0.15) is 5.10 Å². The van der Waals surface area contributed by atoms with Crippen LogP contribution < -0.4 is 29.1 Å². The van der Waals surface area contributed by atoms with E-state index in [-0.39, 0.29) is 17.2 Å². The SMILES string of the molecule is CCOc1cc(C=NNC(=O)c2[nH]c3ccc(C)cc3c2-c2ccccc2)ccc1OC(=O)c1cc(OC)c(OC)c(OC)c1. The van der Waals surface area contributed by atoms with Crippen LogP contribution in [0.3, 0.4) is 0 Å². The molecule has 0 atom stereocenters. The molecule has 0 spiro atoms. The first-order valence-electron chi connectivity index (χ1n) is 14.2. The van der Waals surface area contributed by atoms with E-state index in [1.165, 1.54) is 39.7 Å². The fourth-order valence-corrected chi connectivity index (χ4v) is 4.92. The van der Waals surface area contributed by atoms with Crippen LogP contribution in [-0.4, -0.2) is 51.0 Å². The van der Waals surface area contributed by atoms with Crippen molar-refractivity contribution in [1.82, 2.24) is 10.4 Å². The summed E-state index contributed by atoms with van der Waals surface area (Å²) in [6, 6.07) is 23.7. The number of ether oxygens (including phenoxy) is 5. The average Bonchev–Trinajstić information content (AvgIpc) is 3.44. The molecule has 0 aliphatic rings. The molecule has 0 bridgehead atoms. The highest BCUT2D eigenvalue weighted by Gasteiger charge is 2.21. The number of aryl methyl sites for hydroxylation is 1. The van der Waals surface area contributed by atoms with Crippen molar-refractivity contribution in [1.29, 1.82) is 0 Å². The van der Waals surface area contributed by atoms with Gasteiger partial charge in [-0.25, -0.2) is 10.2 Å². The van der Waals surface area contributed by atoms with E-state index in [4.69, 9.17) is 23.7 Å². The van der Waals surface area contributed by atoms with Gasteiger partial charge < -0.3 is 28.7 Å². The van der Waals surface area contributed by atoms with Crippen LogP contribution in [0, 0.1) is 6.92 Å². The Morgan fingerprint density at radius 3 is 2.24 bits per heavy atom. The van der Waals surface area contributed by atoms with E-state index in [9.17, 15) is 9.59 Å². The number of aromatic amines is 1. The third-order valence-electron chi connectivity index (χ3n) is 6.99. The van der Waals surface area contributed by atoms with Gasteiger partial charge in [-0.3, -0.25) is 4.79 Å². The third kappa shape index (κ3) is 6.59. The van der Waals surface area contributed by atoms with Crippen LogP contribution in [0.1, 0.15) is 38.9 Å². The smallest absolute Gasteiger partial charge is 0.343 e. The zero-order valence-corrected chi connectivity index (χ0v) is 25.6. The summed E-state index contributed by atoms with van der Waals surface area (Å²) in [5, 5.41) is 5.14. The first-order valence-corrected chi connectivity index (χ1v) is 14.2. The Balaban J connectivity index is 1.36. The highest BCUT2D eigenvalue weighted by atomic mass is 16.6. The molecule has 0 saturated carbocycles. The van der Waals surface area contributed by atoms with Crippen LogP contribution in [-0.2, 0) is 0 Å². The lowest BCUT2D eigenvalue weighted by atomic mass is 10.0. The number of hydrogen-bond donors (Lipinski definition) is 2. The second-order valence-corrected chi connectivity index (χ2v) is 9.93. The zero-order chi connectivity index (χ0) is 31.9. The van der Waals surface area contributed by atoms with Gasteiger partial charge >= 0.3 is 5.97 Å². The monoisotopic (exact) mass is 607 g/mol. The Labute approximate surface area is 260 Å². The molecule has 0 radical (unpaired) electrons. The minimum absolute atomic E-state index is 0.197. The molecule has 4 aromatic carbocycles. The number of hydrazone groups is 1. The Morgan fingerprint density at radius 2 is 1.58 bits per heavy atom. The largest absolute Gasteiger partial charge is 0.493 e. The number of carbonyl (C=O) groups is 2. The third-order valence-corrected chi connectivity index (χ3v) is 6.99. The topological polar surface area (TPSA) is 120 Å². The number of benzene rings is 4. The molecule has 1 heterocycles. The molecule has 0 aliphatic carbocycles. The van der Waals surface area contributed by atoms with Gasteiger partial charge in [0.15, 0.2) is 23.0 Å². The van der Waals surface area contributed by atoms with Crippen LogP contribution >= 0.6 is 0 Å². The quantitative estimate of drug-likeness (QED) is 0.0756. The maximum Gasteiger partial charge on any atom is 0.343 e. The normalized spacial score (nSPS) is 11.0. The Kier molecular flexibility index (Phi) is 9.33. The van der Waals surface area contributed by atoms with Crippen LogP contribution in [0.25, 0.3) is 22.0 Å². The number of fused-ring (bicyclic) bond motifs is 1. The van der Waals surface area contributed by atoms with Crippen molar-refractivity contribution in [2.75, 3.05) is 27.9 Å². The molecule has 10 heteroatoms. The van der Waals surface area contributed by atoms with Crippen molar-refractivity contribution in [3.8, 4) is 39.9 Å². The fourth-order valence-electron chi connectivity index (χ4n) is 4.92. The van der Waals surface area contributed by atoms with E-state index in [2.05, 4.69) is 21.6 Å². The summed E-state index contributed by atoms with van der Waals surface area (Å²) in [7, 11) is 4.41. The fraction of sp³-hybridized carbons (Fsp3) is 0.171. The first kappa shape index (κ1) is 30.7. The van der Waals surface area contributed by atoms with Gasteiger partial charge in [0.1, 0.15) is 5.69 Å². The van der Waals surface area contributed by atoms with Gasteiger partial charge in [-0.05, 0) is 67.4 Å². The summed E-state index contributed by atoms with van der Waals surface area (Å²) in [6.45, 7) is 4.16. The van der Waals surface area contributed by atoms with Crippen LogP contribution in [0.4, 0.5) is 0 Å². The zero-order valence-electron chi connectivity index (χ0n) is 25.6. The van der Waals surface area contributed by atoms with E-state index in [1.807, 2.05) is 56.3 Å². The van der Waals surface area contributed by atoms with E-state index in [1.54, 1.807) is 18.2 Å². The van der Waals surface area contributed by atoms with Crippen LogP contribution in [0.15, 0.2) is 84.0 Å². The number of rotatable bonds is 11. The van der Waals surface area contributed by atoms with Crippen molar-refractivity contribution in [3.63, 3.8) is 0 Å². The molecule has 45 heavy (non-hydrogen) atoms. The minimum Gasteiger partial charge on any atom is -0.493 e. The minimum atomic E-state index is -0.647. The maximum atomic E-state index is 13.3. The summed E-state index contributed by atoms with van der Waals surface area (Å²) in [5.74, 6) is 0.495. The van der Waals surface area contributed by atoms with Gasteiger partial charge in [0.25, 0.3) is 5.91 Å². The lowest BCUT2D eigenvalue weighted by molar-refractivity contribution is 0.0727. The highest BCUT2D eigenvalue weighted by molar-refractivity contribution is 6.10. The molecular weight excluding hydrogens is 574 g/mol. The lowest BCUT2D eigenvalue weighted by Crippen LogP contribution is -2.18. The molecule has 5 rings (SSSR count). The van der Waals surface area contributed by atoms with Crippen molar-refractivity contribution < 1.29 is 33.3 Å². The number of aromatic nitrogens is 1. The standard InChI is InChI=1S/C35H33N3O7/c1-6-44-28-17-22(13-15-27(28)45-35(40)24-18-29(41-3)33(43-5)30(19-24)42-4)20-36-38-34(39)32-31(23-10-8-7-9-11-23)25-16-21(2)12-14-26(25)37-32/h7-20,37H,6H2,1-5H3,(H,38,39). The van der Waals surface area contributed by atoms with Gasteiger partial charge in [-0.1, -0.05) is 42.0 Å². The molecule has 10 nitrogen and oxygen atoms in total. The van der Waals surface area contributed by atoms with Crippen molar-refractivity contribution in [2.45, 2.75) is 13.8 Å². The Morgan fingerprint density at radius 1 is 0.844 bits per heavy atom. The summed E-state index contributed by atoms with van der Waals surface area (Å²) < 4.78 is 27.4. The molecule has 0 unspecified atom stereocenters. The van der Waals surface area contributed by atoms with E-state index >= 15 is 0 Å². The predicted octanol–water partition coefficient (Wildman–Crippen LogP) is 6.55. The number of carbonyl (C=O) groups excluding carboxylic acids is 2. The molecule has 1 aromatic heterocycles. The molecule has 5 aromatic rings. The highest BCUT2D eigenvalue weighted by Crippen LogP contribution is 2.39. The van der Waals surface area contributed by atoms with Crippen LogP contribution in [0.5, 0.6) is 28.7 Å². The molecule has 0 aliphatic heterocycles. The summed E-state index contributed by atoms with van der Waals surface area (Å²) >= 11 is 0. The average molecular weight is 608 g/mol. The second-order valence-electron chi connectivity index (χ2n) is 9.93. The number of nitrogens with one attached hydrogen (secondary N) is 2. The van der Waals surface area contributed by atoms with Crippen LogP contribution in [0.2, 0.25) is 0 Å². The molecule has 0 saturated heterocycles. The molecule has 0 fully saturated rings. The molecule has 1 amide bonds. The summed E-state index contributed by atoms with van der Waals surface area (Å²) in [4.78, 5) is 29.7. The van der Waals surface area contributed by atoms with Gasteiger partial charge in [0.05, 0.1) is 39.7 Å². The Hall–Kier alpha value is -5.77. The maximum absolute atomic E-state index is 13.3.